The predicted molar refractivity (Wildman–Crippen MR) is 78.8 cm³/mol. The Morgan fingerprint density at radius 2 is 1.71 bits per heavy atom. The van der Waals surface area contributed by atoms with Gasteiger partial charge in [0, 0.05) is 22.7 Å². The van der Waals surface area contributed by atoms with Crippen LogP contribution in [0.3, 0.4) is 0 Å². The smallest absolute Gasteiger partial charge is 0.150 e. The summed E-state index contributed by atoms with van der Waals surface area (Å²) in [6.07, 6.45) is 3.52. The maximum absolute atomic E-state index is 12.6. The number of rotatable bonds is 2. The largest absolute Gasteiger partial charge is 0.298 e. The molecule has 0 radical (unpaired) electrons. The number of hydrogen-bond donors (Lipinski definition) is 0. The molecule has 1 aliphatic carbocycles. The van der Waals surface area contributed by atoms with Gasteiger partial charge < -0.3 is 0 Å². The van der Waals surface area contributed by atoms with Gasteiger partial charge in [0.1, 0.15) is 5.78 Å². The predicted octanol–water partition coefficient (Wildman–Crippen LogP) is 3.86. The van der Waals surface area contributed by atoms with Crippen LogP contribution in [0.5, 0.6) is 0 Å². The molecule has 3 heteroatoms. The van der Waals surface area contributed by atoms with Gasteiger partial charge in [-0.25, -0.2) is 0 Å². The second-order valence-electron chi connectivity index (χ2n) is 5.73. The van der Waals surface area contributed by atoms with Crippen molar-refractivity contribution in [1.82, 2.24) is 0 Å². The van der Waals surface area contributed by atoms with Crippen LogP contribution in [-0.2, 0) is 4.79 Å². The Hall–Kier alpha value is 0.370. The number of ketones is 1. The van der Waals surface area contributed by atoms with Gasteiger partial charge in [0.2, 0.25) is 0 Å². The first-order valence-corrected chi connectivity index (χ1v) is 8.96. The summed E-state index contributed by atoms with van der Waals surface area (Å²) in [6, 6.07) is 0. The standard InChI is InChI=1S/C14H24OS2/c1-9-4-5-12(8-10(9)2)13(15)14-11(3)16-6-7-17-14/h9-12,14H,4-8H2,1-3H3. The molecule has 1 saturated carbocycles. The molecule has 98 valence electrons. The van der Waals surface area contributed by atoms with Crippen molar-refractivity contribution in [3.63, 3.8) is 0 Å². The van der Waals surface area contributed by atoms with E-state index in [-0.39, 0.29) is 5.25 Å². The topological polar surface area (TPSA) is 17.1 Å². The van der Waals surface area contributed by atoms with Crippen LogP contribution in [0.4, 0.5) is 0 Å². The second-order valence-corrected chi connectivity index (χ2v) is 8.47. The highest BCUT2D eigenvalue weighted by atomic mass is 32.2. The molecule has 2 aliphatic rings. The van der Waals surface area contributed by atoms with Gasteiger partial charge in [-0.3, -0.25) is 4.79 Å². The fourth-order valence-corrected chi connectivity index (χ4v) is 5.79. The van der Waals surface area contributed by atoms with Crippen molar-refractivity contribution in [2.75, 3.05) is 11.5 Å². The van der Waals surface area contributed by atoms with Crippen LogP contribution in [0.1, 0.15) is 40.0 Å². The molecule has 1 nitrogen and oxygen atoms in total. The second kappa shape index (κ2) is 6.01. The normalized spacial score (nSPS) is 43.4. The zero-order valence-electron chi connectivity index (χ0n) is 11.1. The van der Waals surface area contributed by atoms with Gasteiger partial charge in [-0.1, -0.05) is 20.8 Å². The Kier molecular flexibility index (Phi) is 4.88. The third-order valence-corrected chi connectivity index (χ3v) is 7.58. The van der Waals surface area contributed by atoms with Crippen LogP contribution in [0.15, 0.2) is 0 Å². The summed E-state index contributed by atoms with van der Waals surface area (Å²) in [4.78, 5) is 12.6. The SMILES string of the molecule is CC1CCC(C(=O)C2SCCSC2C)CC1C. The minimum Gasteiger partial charge on any atom is -0.298 e. The Bertz CT molecular complexity index is 279. The van der Waals surface area contributed by atoms with Crippen LogP contribution in [0, 0.1) is 17.8 Å². The Morgan fingerprint density at radius 1 is 1.00 bits per heavy atom. The first kappa shape index (κ1) is 13.8. The van der Waals surface area contributed by atoms with Crippen LogP contribution >= 0.6 is 23.5 Å². The molecule has 17 heavy (non-hydrogen) atoms. The molecule has 2 rings (SSSR count). The van der Waals surface area contributed by atoms with E-state index < -0.39 is 0 Å². The summed E-state index contributed by atoms with van der Waals surface area (Å²) in [5.41, 5.74) is 0. The number of thioether (sulfide) groups is 2. The van der Waals surface area contributed by atoms with Crippen LogP contribution in [0.25, 0.3) is 0 Å². The van der Waals surface area contributed by atoms with Gasteiger partial charge in [-0.15, -0.1) is 11.8 Å². The van der Waals surface area contributed by atoms with E-state index >= 15 is 0 Å². The average molecular weight is 272 g/mol. The molecule has 0 amide bonds. The van der Waals surface area contributed by atoms with E-state index in [2.05, 4.69) is 20.8 Å². The summed E-state index contributed by atoms with van der Waals surface area (Å²) in [7, 11) is 0. The first-order valence-electron chi connectivity index (χ1n) is 6.86. The van der Waals surface area contributed by atoms with Crippen molar-refractivity contribution in [3.8, 4) is 0 Å². The molecule has 0 aromatic heterocycles. The van der Waals surface area contributed by atoms with E-state index in [9.17, 15) is 4.79 Å². The summed E-state index contributed by atoms with van der Waals surface area (Å²) in [6.45, 7) is 6.88. The highest BCUT2D eigenvalue weighted by Gasteiger charge is 2.36. The van der Waals surface area contributed by atoms with Gasteiger partial charge >= 0.3 is 0 Å². The maximum atomic E-state index is 12.6. The molecule has 5 unspecified atom stereocenters. The van der Waals surface area contributed by atoms with Crippen molar-refractivity contribution in [1.29, 1.82) is 0 Å². The third-order valence-electron chi connectivity index (χ3n) is 4.47. The lowest BCUT2D eigenvalue weighted by molar-refractivity contribution is -0.124. The van der Waals surface area contributed by atoms with E-state index in [1.54, 1.807) is 0 Å². The van der Waals surface area contributed by atoms with Crippen LogP contribution in [0.2, 0.25) is 0 Å². The minimum atomic E-state index is 0.277. The molecule has 1 heterocycles. The molecular formula is C14H24OS2. The average Bonchev–Trinajstić information content (AvgIpc) is 2.32. The van der Waals surface area contributed by atoms with Gasteiger partial charge in [0.15, 0.2) is 0 Å². The number of carbonyl (C=O) groups excluding carboxylic acids is 1. The lowest BCUT2D eigenvalue weighted by Gasteiger charge is -2.35. The van der Waals surface area contributed by atoms with E-state index in [0.717, 1.165) is 30.4 Å². The van der Waals surface area contributed by atoms with E-state index in [0.29, 0.717) is 17.0 Å². The van der Waals surface area contributed by atoms with Crippen LogP contribution < -0.4 is 0 Å². The number of hydrogen-bond acceptors (Lipinski definition) is 3. The zero-order chi connectivity index (χ0) is 12.4. The molecule has 2 fully saturated rings. The lowest BCUT2D eigenvalue weighted by Crippen LogP contribution is -2.38. The van der Waals surface area contributed by atoms with Gasteiger partial charge in [-0.2, -0.15) is 11.8 Å². The summed E-state index contributed by atoms with van der Waals surface area (Å²) >= 11 is 3.88. The third kappa shape index (κ3) is 3.23. The fourth-order valence-electron chi connectivity index (χ4n) is 2.98. The Balaban J connectivity index is 1.95. The zero-order valence-corrected chi connectivity index (χ0v) is 12.8. The maximum Gasteiger partial charge on any atom is 0.150 e. The molecule has 0 spiro atoms. The Labute approximate surface area is 114 Å². The molecular weight excluding hydrogens is 248 g/mol. The molecule has 0 aromatic carbocycles. The van der Waals surface area contributed by atoms with Gasteiger partial charge in [-0.05, 0) is 31.1 Å². The highest BCUT2D eigenvalue weighted by molar-refractivity contribution is 8.07. The van der Waals surface area contributed by atoms with Crippen molar-refractivity contribution in [2.24, 2.45) is 17.8 Å². The summed E-state index contributed by atoms with van der Waals surface area (Å²) in [5.74, 6) is 4.84. The van der Waals surface area contributed by atoms with Gasteiger partial charge in [0.25, 0.3) is 0 Å². The molecule has 0 bridgehead atoms. The summed E-state index contributed by atoms with van der Waals surface area (Å²) < 4.78 is 0. The summed E-state index contributed by atoms with van der Waals surface area (Å²) in [5, 5.41) is 0.801. The van der Waals surface area contributed by atoms with Crippen molar-refractivity contribution in [2.45, 2.75) is 50.5 Å². The van der Waals surface area contributed by atoms with E-state index in [1.807, 2.05) is 23.5 Å². The molecule has 5 atom stereocenters. The molecule has 1 saturated heterocycles. The quantitative estimate of drug-likeness (QED) is 0.760. The van der Waals surface area contributed by atoms with Crippen molar-refractivity contribution >= 4 is 29.3 Å². The fraction of sp³-hybridized carbons (Fsp3) is 0.929. The first-order chi connectivity index (χ1) is 8.09. The minimum absolute atomic E-state index is 0.277. The van der Waals surface area contributed by atoms with E-state index in [4.69, 9.17) is 0 Å². The molecule has 0 aromatic rings. The monoisotopic (exact) mass is 272 g/mol. The van der Waals surface area contributed by atoms with Crippen LogP contribution in [-0.4, -0.2) is 27.8 Å². The van der Waals surface area contributed by atoms with Crippen molar-refractivity contribution in [3.05, 3.63) is 0 Å². The number of Topliss-reactive ketones (excluding diaryl/α,β-unsaturated/α-hetero) is 1. The lowest BCUT2D eigenvalue weighted by atomic mass is 9.74. The highest BCUT2D eigenvalue weighted by Crippen LogP contribution is 2.39. The molecule has 0 N–H and O–H groups in total. The Morgan fingerprint density at radius 3 is 2.35 bits per heavy atom. The molecule has 1 aliphatic heterocycles. The van der Waals surface area contributed by atoms with E-state index in [1.165, 1.54) is 12.2 Å². The van der Waals surface area contributed by atoms with Gasteiger partial charge in [0.05, 0.1) is 5.25 Å². The number of carbonyl (C=O) groups is 1. The van der Waals surface area contributed by atoms with Crippen molar-refractivity contribution < 1.29 is 4.79 Å².